The number of amides is 1. The van der Waals surface area contributed by atoms with Crippen LogP contribution in [-0.4, -0.2) is 19.1 Å². The number of rotatable bonds is 7. The van der Waals surface area contributed by atoms with Crippen molar-refractivity contribution in [3.63, 3.8) is 0 Å². The smallest absolute Gasteiger partial charge is 0.251 e. The molecule has 0 radical (unpaired) electrons. The Balaban J connectivity index is 1.62. The van der Waals surface area contributed by atoms with Crippen molar-refractivity contribution in [2.75, 3.05) is 13.2 Å². The highest BCUT2D eigenvalue weighted by molar-refractivity contribution is 5.94. The summed E-state index contributed by atoms with van der Waals surface area (Å²) in [4.78, 5) is 12.6. The van der Waals surface area contributed by atoms with Gasteiger partial charge in [-0.15, -0.1) is 0 Å². The molecule has 1 aliphatic rings. The van der Waals surface area contributed by atoms with Crippen molar-refractivity contribution >= 4 is 5.91 Å². The SMILES string of the molecule is CC(C)COc1ccc(C(=O)NCC2(c3ccccc3)CCCC2)cc1. The molecule has 26 heavy (non-hydrogen) atoms. The van der Waals surface area contributed by atoms with Crippen LogP contribution in [0.25, 0.3) is 0 Å². The third-order valence-electron chi connectivity index (χ3n) is 5.23. The lowest BCUT2D eigenvalue weighted by atomic mass is 9.79. The van der Waals surface area contributed by atoms with E-state index in [0.717, 1.165) is 18.6 Å². The fourth-order valence-electron chi connectivity index (χ4n) is 3.73. The van der Waals surface area contributed by atoms with Crippen molar-refractivity contribution in [2.24, 2.45) is 5.92 Å². The first-order valence-corrected chi connectivity index (χ1v) is 9.66. The van der Waals surface area contributed by atoms with Crippen molar-refractivity contribution in [1.82, 2.24) is 5.32 Å². The number of nitrogens with one attached hydrogen (secondary N) is 1. The van der Waals surface area contributed by atoms with Crippen molar-refractivity contribution < 1.29 is 9.53 Å². The maximum Gasteiger partial charge on any atom is 0.251 e. The highest BCUT2D eigenvalue weighted by Gasteiger charge is 2.35. The molecule has 0 aromatic heterocycles. The molecule has 0 bridgehead atoms. The second-order valence-corrected chi connectivity index (χ2v) is 7.77. The van der Waals surface area contributed by atoms with E-state index in [1.165, 1.54) is 18.4 Å². The summed E-state index contributed by atoms with van der Waals surface area (Å²) >= 11 is 0. The van der Waals surface area contributed by atoms with Gasteiger partial charge in [-0.05, 0) is 48.6 Å². The molecule has 3 nitrogen and oxygen atoms in total. The lowest BCUT2D eigenvalue weighted by Crippen LogP contribution is -2.39. The number of hydrogen-bond acceptors (Lipinski definition) is 2. The Morgan fingerprint density at radius 3 is 2.31 bits per heavy atom. The quantitative estimate of drug-likeness (QED) is 0.765. The molecule has 3 rings (SSSR count). The van der Waals surface area contributed by atoms with Crippen LogP contribution in [0.4, 0.5) is 0 Å². The fraction of sp³-hybridized carbons (Fsp3) is 0.435. The number of benzene rings is 2. The number of hydrogen-bond donors (Lipinski definition) is 1. The van der Waals surface area contributed by atoms with Crippen LogP contribution in [0.3, 0.4) is 0 Å². The van der Waals surface area contributed by atoms with E-state index >= 15 is 0 Å². The molecule has 138 valence electrons. The Bertz CT molecular complexity index is 701. The van der Waals surface area contributed by atoms with Crippen molar-refractivity contribution in [1.29, 1.82) is 0 Å². The Morgan fingerprint density at radius 2 is 1.69 bits per heavy atom. The summed E-state index contributed by atoms with van der Waals surface area (Å²) in [5.41, 5.74) is 2.11. The summed E-state index contributed by atoms with van der Waals surface area (Å²) in [6.45, 7) is 5.62. The van der Waals surface area contributed by atoms with E-state index in [9.17, 15) is 4.79 Å². The van der Waals surface area contributed by atoms with Crippen LogP contribution >= 0.6 is 0 Å². The second-order valence-electron chi connectivity index (χ2n) is 7.77. The third-order valence-corrected chi connectivity index (χ3v) is 5.23. The highest BCUT2D eigenvalue weighted by Crippen LogP contribution is 2.40. The average molecular weight is 351 g/mol. The van der Waals surface area contributed by atoms with Gasteiger partial charge in [-0.3, -0.25) is 4.79 Å². The zero-order valence-corrected chi connectivity index (χ0v) is 15.8. The molecule has 1 fully saturated rings. The van der Waals surface area contributed by atoms with Gasteiger partial charge < -0.3 is 10.1 Å². The summed E-state index contributed by atoms with van der Waals surface area (Å²) in [6, 6.07) is 18.0. The first-order chi connectivity index (χ1) is 12.6. The molecule has 0 heterocycles. The van der Waals surface area contributed by atoms with Crippen LogP contribution in [-0.2, 0) is 5.41 Å². The number of carbonyl (C=O) groups is 1. The topological polar surface area (TPSA) is 38.3 Å². The summed E-state index contributed by atoms with van der Waals surface area (Å²) in [5.74, 6) is 1.29. The number of carbonyl (C=O) groups excluding carboxylic acids is 1. The average Bonchev–Trinajstić information content (AvgIpc) is 3.16. The zero-order chi connectivity index (χ0) is 18.4. The Hall–Kier alpha value is -2.29. The molecule has 0 unspecified atom stereocenters. The van der Waals surface area contributed by atoms with E-state index in [1.54, 1.807) is 0 Å². The van der Waals surface area contributed by atoms with Gasteiger partial charge in [-0.2, -0.15) is 0 Å². The molecule has 1 amide bonds. The number of ether oxygens (including phenoxy) is 1. The largest absolute Gasteiger partial charge is 0.493 e. The molecule has 1 saturated carbocycles. The van der Waals surface area contributed by atoms with Gasteiger partial charge >= 0.3 is 0 Å². The molecule has 1 N–H and O–H groups in total. The Kier molecular flexibility index (Phi) is 5.97. The lowest BCUT2D eigenvalue weighted by molar-refractivity contribution is 0.0943. The molecule has 1 aliphatic carbocycles. The van der Waals surface area contributed by atoms with E-state index in [4.69, 9.17) is 4.74 Å². The third kappa shape index (κ3) is 4.46. The van der Waals surface area contributed by atoms with Gasteiger partial charge in [0, 0.05) is 17.5 Å². The molecule has 0 saturated heterocycles. The van der Waals surface area contributed by atoms with Gasteiger partial charge in [0.15, 0.2) is 0 Å². The molecule has 2 aromatic rings. The molecule has 0 spiro atoms. The van der Waals surface area contributed by atoms with Crippen LogP contribution < -0.4 is 10.1 Å². The second kappa shape index (κ2) is 8.39. The van der Waals surface area contributed by atoms with E-state index in [1.807, 2.05) is 30.3 Å². The van der Waals surface area contributed by atoms with Gasteiger partial charge in [0.25, 0.3) is 5.91 Å². The van der Waals surface area contributed by atoms with Gasteiger partial charge in [0.1, 0.15) is 5.75 Å². The highest BCUT2D eigenvalue weighted by atomic mass is 16.5. The van der Waals surface area contributed by atoms with Gasteiger partial charge in [-0.1, -0.05) is 57.0 Å². The van der Waals surface area contributed by atoms with Crippen molar-refractivity contribution in [3.8, 4) is 5.75 Å². The monoisotopic (exact) mass is 351 g/mol. The molecule has 0 atom stereocenters. The Labute approximate surface area is 156 Å². The Morgan fingerprint density at radius 1 is 1.04 bits per heavy atom. The molecular weight excluding hydrogens is 322 g/mol. The van der Waals surface area contributed by atoms with Crippen molar-refractivity contribution in [3.05, 3.63) is 65.7 Å². The predicted molar refractivity (Wildman–Crippen MR) is 106 cm³/mol. The van der Waals surface area contributed by atoms with E-state index in [-0.39, 0.29) is 11.3 Å². The van der Waals surface area contributed by atoms with Crippen LogP contribution in [0, 0.1) is 5.92 Å². The van der Waals surface area contributed by atoms with Crippen LogP contribution in [0.1, 0.15) is 55.5 Å². The first kappa shape index (κ1) is 18.5. The molecule has 0 aliphatic heterocycles. The lowest BCUT2D eigenvalue weighted by Gasteiger charge is -2.30. The zero-order valence-electron chi connectivity index (χ0n) is 15.8. The molecular formula is C23H29NO2. The normalized spacial score (nSPS) is 15.8. The minimum absolute atomic E-state index is 0.0115. The van der Waals surface area contributed by atoms with E-state index in [0.29, 0.717) is 24.6 Å². The minimum atomic E-state index is -0.0115. The van der Waals surface area contributed by atoms with Crippen molar-refractivity contribution in [2.45, 2.75) is 44.9 Å². The van der Waals surface area contributed by atoms with Crippen LogP contribution in [0.15, 0.2) is 54.6 Å². The standard InChI is InChI=1S/C23H29NO2/c1-18(2)16-26-21-12-10-19(11-13-21)22(25)24-17-23(14-6-7-15-23)20-8-4-3-5-9-20/h3-5,8-13,18H,6-7,14-17H2,1-2H3,(H,24,25). The van der Waals surface area contributed by atoms with Gasteiger partial charge in [0.05, 0.1) is 6.61 Å². The summed E-state index contributed by atoms with van der Waals surface area (Å²) in [5, 5.41) is 3.17. The van der Waals surface area contributed by atoms with Crippen LogP contribution in [0.2, 0.25) is 0 Å². The van der Waals surface area contributed by atoms with E-state index in [2.05, 4.69) is 43.4 Å². The fourth-order valence-corrected chi connectivity index (χ4v) is 3.73. The van der Waals surface area contributed by atoms with Gasteiger partial charge in [-0.25, -0.2) is 0 Å². The summed E-state index contributed by atoms with van der Waals surface area (Å²) < 4.78 is 5.69. The maximum atomic E-state index is 12.6. The van der Waals surface area contributed by atoms with Crippen LogP contribution in [0.5, 0.6) is 5.75 Å². The summed E-state index contributed by atoms with van der Waals surface area (Å²) in [6.07, 6.45) is 4.73. The predicted octanol–water partition coefficient (Wildman–Crippen LogP) is 4.96. The first-order valence-electron chi connectivity index (χ1n) is 9.66. The molecule has 3 heteroatoms. The maximum absolute atomic E-state index is 12.6. The molecule has 2 aromatic carbocycles. The minimum Gasteiger partial charge on any atom is -0.493 e. The van der Waals surface area contributed by atoms with Gasteiger partial charge in [0.2, 0.25) is 0 Å². The van der Waals surface area contributed by atoms with E-state index < -0.39 is 0 Å². The summed E-state index contributed by atoms with van der Waals surface area (Å²) in [7, 11) is 0.